The number of para-hydroxylation sites is 1. The Morgan fingerprint density at radius 1 is 1.20 bits per heavy atom. The second-order valence-electron chi connectivity index (χ2n) is 3.36. The van der Waals surface area contributed by atoms with Crippen molar-refractivity contribution < 1.29 is 4.74 Å². The molecule has 0 unspecified atom stereocenters. The Labute approximate surface area is 102 Å². The first kappa shape index (κ1) is 12.6. The number of anilines is 1. The molecule has 0 aliphatic carbocycles. The van der Waals surface area contributed by atoms with E-state index in [1.54, 1.807) is 0 Å². The van der Waals surface area contributed by atoms with Gasteiger partial charge in [0.05, 0.1) is 13.2 Å². The Bertz CT molecular complexity index is 300. The number of hydrogen-bond acceptors (Lipinski definition) is 2. The lowest BCUT2D eigenvalue weighted by Crippen LogP contribution is -2.36. The molecule has 0 spiro atoms. The first-order valence-electron chi connectivity index (χ1n) is 4.88. The molecule has 1 saturated heterocycles. The molecule has 15 heavy (non-hydrogen) atoms. The smallest absolute Gasteiger partial charge is 0.0642 e. The van der Waals surface area contributed by atoms with Crippen molar-refractivity contribution in [2.75, 3.05) is 31.2 Å². The van der Waals surface area contributed by atoms with Crippen LogP contribution in [0.15, 0.2) is 24.3 Å². The van der Waals surface area contributed by atoms with Crippen molar-refractivity contribution in [1.82, 2.24) is 0 Å². The van der Waals surface area contributed by atoms with Gasteiger partial charge in [-0.05, 0) is 11.6 Å². The maximum atomic E-state index is 5.89. The fourth-order valence-electron chi connectivity index (χ4n) is 1.74. The predicted octanol–water partition coefficient (Wildman–Crippen LogP) is 2.68. The van der Waals surface area contributed by atoms with E-state index in [9.17, 15) is 0 Å². The van der Waals surface area contributed by atoms with E-state index in [1.165, 1.54) is 11.3 Å². The maximum absolute atomic E-state index is 5.89. The Balaban J connectivity index is 0.00000112. The van der Waals surface area contributed by atoms with Gasteiger partial charge in [0.25, 0.3) is 0 Å². The summed E-state index contributed by atoms with van der Waals surface area (Å²) in [7, 11) is 0. The molecule has 0 atom stereocenters. The van der Waals surface area contributed by atoms with Gasteiger partial charge in [0.1, 0.15) is 0 Å². The summed E-state index contributed by atoms with van der Waals surface area (Å²) in [6.07, 6.45) is 0. The summed E-state index contributed by atoms with van der Waals surface area (Å²) in [5.74, 6) is 0.577. The summed E-state index contributed by atoms with van der Waals surface area (Å²) in [5.41, 5.74) is 2.46. The lowest BCUT2D eigenvalue weighted by molar-refractivity contribution is 0.122. The highest BCUT2D eigenvalue weighted by Gasteiger charge is 2.13. The molecule has 0 bridgehead atoms. The molecule has 1 aliphatic heterocycles. The molecule has 0 radical (unpaired) electrons. The van der Waals surface area contributed by atoms with Gasteiger partial charge >= 0.3 is 0 Å². The Morgan fingerprint density at radius 3 is 2.53 bits per heavy atom. The molecule has 1 fully saturated rings. The lowest BCUT2D eigenvalue weighted by Gasteiger charge is -2.30. The fourth-order valence-corrected chi connectivity index (χ4v) is 1.96. The van der Waals surface area contributed by atoms with Gasteiger partial charge in [-0.3, -0.25) is 0 Å². The van der Waals surface area contributed by atoms with Crippen molar-refractivity contribution in [3.05, 3.63) is 29.8 Å². The maximum Gasteiger partial charge on any atom is 0.0642 e. The summed E-state index contributed by atoms with van der Waals surface area (Å²) in [6, 6.07) is 8.29. The van der Waals surface area contributed by atoms with E-state index >= 15 is 0 Å². The highest BCUT2D eigenvalue weighted by Crippen LogP contribution is 2.22. The molecule has 0 N–H and O–H groups in total. The Hall–Kier alpha value is -0.440. The largest absolute Gasteiger partial charge is 0.378 e. The molecule has 1 aromatic rings. The topological polar surface area (TPSA) is 12.5 Å². The van der Waals surface area contributed by atoms with Crippen molar-refractivity contribution in [2.45, 2.75) is 5.88 Å². The summed E-state index contributed by atoms with van der Waals surface area (Å²) in [4.78, 5) is 2.33. The first-order valence-corrected chi connectivity index (χ1v) is 5.42. The number of ether oxygens (including phenoxy) is 1. The zero-order valence-electron chi connectivity index (χ0n) is 8.49. The highest BCUT2D eigenvalue weighted by atomic mass is 35.5. The molecule has 0 amide bonds. The van der Waals surface area contributed by atoms with Crippen molar-refractivity contribution >= 4 is 29.7 Å². The normalized spacial score (nSPS) is 15.9. The van der Waals surface area contributed by atoms with Gasteiger partial charge < -0.3 is 9.64 Å². The molecule has 0 aromatic heterocycles. The molecule has 84 valence electrons. The van der Waals surface area contributed by atoms with Crippen LogP contribution in [0.1, 0.15) is 5.56 Å². The lowest BCUT2D eigenvalue weighted by atomic mass is 10.1. The van der Waals surface area contributed by atoms with Gasteiger partial charge in [-0.2, -0.15) is 0 Å². The Morgan fingerprint density at radius 2 is 1.87 bits per heavy atom. The zero-order chi connectivity index (χ0) is 9.80. The first-order chi connectivity index (χ1) is 6.92. The van der Waals surface area contributed by atoms with Gasteiger partial charge in [-0.15, -0.1) is 24.0 Å². The van der Waals surface area contributed by atoms with E-state index in [1.807, 2.05) is 6.07 Å². The average molecular weight is 248 g/mol. The number of morpholine rings is 1. The van der Waals surface area contributed by atoms with Gasteiger partial charge in [-0.25, -0.2) is 0 Å². The van der Waals surface area contributed by atoms with Crippen molar-refractivity contribution in [3.8, 4) is 0 Å². The van der Waals surface area contributed by atoms with Crippen LogP contribution in [-0.4, -0.2) is 26.3 Å². The molecule has 1 aliphatic rings. The van der Waals surface area contributed by atoms with E-state index in [4.69, 9.17) is 16.3 Å². The number of halogens is 2. The monoisotopic (exact) mass is 247 g/mol. The van der Waals surface area contributed by atoms with Crippen LogP contribution in [0.4, 0.5) is 5.69 Å². The number of rotatable bonds is 2. The van der Waals surface area contributed by atoms with Crippen LogP contribution in [0.3, 0.4) is 0 Å². The molecule has 1 aromatic carbocycles. The SMILES string of the molecule is Cl.ClCc1ccccc1N1CCOCC1. The average Bonchev–Trinajstić information content (AvgIpc) is 2.30. The summed E-state index contributed by atoms with van der Waals surface area (Å²) >= 11 is 5.89. The van der Waals surface area contributed by atoms with E-state index in [-0.39, 0.29) is 12.4 Å². The van der Waals surface area contributed by atoms with E-state index in [0.717, 1.165) is 26.3 Å². The van der Waals surface area contributed by atoms with Crippen LogP contribution in [0.2, 0.25) is 0 Å². The third-order valence-electron chi connectivity index (χ3n) is 2.49. The third kappa shape index (κ3) is 3.00. The highest BCUT2D eigenvalue weighted by molar-refractivity contribution is 6.17. The minimum atomic E-state index is 0. The van der Waals surface area contributed by atoms with E-state index < -0.39 is 0 Å². The van der Waals surface area contributed by atoms with Gasteiger partial charge in [0, 0.05) is 24.7 Å². The van der Waals surface area contributed by atoms with Crippen LogP contribution in [0.5, 0.6) is 0 Å². The number of benzene rings is 1. The van der Waals surface area contributed by atoms with Crippen molar-refractivity contribution in [1.29, 1.82) is 0 Å². The molecular weight excluding hydrogens is 233 g/mol. The summed E-state index contributed by atoms with van der Waals surface area (Å²) < 4.78 is 5.32. The minimum absolute atomic E-state index is 0. The third-order valence-corrected chi connectivity index (χ3v) is 2.78. The van der Waals surface area contributed by atoms with E-state index in [2.05, 4.69) is 23.1 Å². The number of alkyl halides is 1. The van der Waals surface area contributed by atoms with Crippen LogP contribution >= 0.6 is 24.0 Å². The van der Waals surface area contributed by atoms with Crippen molar-refractivity contribution in [2.24, 2.45) is 0 Å². The van der Waals surface area contributed by atoms with Crippen LogP contribution in [0.25, 0.3) is 0 Å². The van der Waals surface area contributed by atoms with E-state index in [0.29, 0.717) is 5.88 Å². The van der Waals surface area contributed by atoms with Gasteiger partial charge in [-0.1, -0.05) is 18.2 Å². The quantitative estimate of drug-likeness (QED) is 0.746. The fraction of sp³-hybridized carbons (Fsp3) is 0.455. The second-order valence-corrected chi connectivity index (χ2v) is 3.63. The second kappa shape index (κ2) is 6.21. The summed E-state index contributed by atoms with van der Waals surface area (Å²) in [6.45, 7) is 3.56. The standard InChI is InChI=1S/C11H14ClNO.ClH/c12-9-10-3-1-2-4-11(10)13-5-7-14-8-6-13;/h1-4H,5-9H2;1H. The Kier molecular flexibility index (Phi) is 5.23. The van der Waals surface area contributed by atoms with Gasteiger partial charge in [0.2, 0.25) is 0 Å². The molecule has 2 rings (SSSR count). The van der Waals surface area contributed by atoms with Crippen LogP contribution in [0, 0.1) is 0 Å². The van der Waals surface area contributed by atoms with Crippen LogP contribution < -0.4 is 4.90 Å². The molecule has 4 heteroatoms. The predicted molar refractivity (Wildman–Crippen MR) is 66.3 cm³/mol. The number of nitrogens with zero attached hydrogens (tertiary/aromatic N) is 1. The molecule has 0 saturated carbocycles. The number of hydrogen-bond donors (Lipinski definition) is 0. The minimum Gasteiger partial charge on any atom is -0.378 e. The van der Waals surface area contributed by atoms with Crippen LogP contribution in [-0.2, 0) is 10.6 Å². The molecule has 1 heterocycles. The van der Waals surface area contributed by atoms with Gasteiger partial charge in [0.15, 0.2) is 0 Å². The molecule has 2 nitrogen and oxygen atoms in total. The zero-order valence-corrected chi connectivity index (χ0v) is 10.1. The van der Waals surface area contributed by atoms with Crippen molar-refractivity contribution in [3.63, 3.8) is 0 Å². The summed E-state index contributed by atoms with van der Waals surface area (Å²) in [5, 5.41) is 0. The molecular formula is C11H15Cl2NO.